The van der Waals surface area contributed by atoms with Gasteiger partial charge < -0.3 is 15.2 Å². The van der Waals surface area contributed by atoms with Gasteiger partial charge in [-0.05, 0) is 75.3 Å². The molecule has 6 rings (SSSR count). The average molecular weight is 465 g/mol. The number of amidine groups is 1. The number of carbonyl (C=O) groups excluding carboxylic acids is 2. The second kappa shape index (κ2) is 8.19. The summed E-state index contributed by atoms with van der Waals surface area (Å²) in [5.74, 6) is 2.21. The fraction of sp³-hybridized carbons (Fsp3) is 0.577. The van der Waals surface area contributed by atoms with Gasteiger partial charge >= 0.3 is 0 Å². The fourth-order valence-electron chi connectivity index (χ4n) is 6.48. The second-order valence-corrected chi connectivity index (χ2v) is 12.2. The summed E-state index contributed by atoms with van der Waals surface area (Å²) >= 11 is 1.64. The Balaban J connectivity index is 1.05. The molecule has 2 bridgehead atoms. The lowest BCUT2D eigenvalue weighted by atomic mass is 9.87. The van der Waals surface area contributed by atoms with Gasteiger partial charge in [-0.15, -0.1) is 0 Å². The van der Waals surface area contributed by atoms with Crippen molar-refractivity contribution in [2.75, 3.05) is 13.1 Å². The molecule has 3 heterocycles. The van der Waals surface area contributed by atoms with Crippen LogP contribution in [0.15, 0.2) is 35.3 Å². The lowest BCUT2D eigenvalue weighted by molar-refractivity contribution is -0.121. The number of thioether (sulfide) groups is 1. The molecule has 1 unspecified atom stereocenters. The lowest BCUT2D eigenvalue weighted by Crippen LogP contribution is -2.42. The predicted octanol–water partition coefficient (Wildman–Crippen LogP) is 4.58. The molecular formula is C26H32N4O2S. The zero-order chi connectivity index (χ0) is 22.6. The van der Waals surface area contributed by atoms with E-state index in [1.54, 1.807) is 11.8 Å². The van der Waals surface area contributed by atoms with E-state index in [1.807, 2.05) is 35.2 Å². The maximum absolute atomic E-state index is 13.0. The third-order valence-electron chi connectivity index (χ3n) is 8.35. The molecule has 0 radical (unpaired) electrons. The molecule has 1 aromatic carbocycles. The maximum Gasteiger partial charge on any atom is 0.270 e. The van der Waals surface area contributed by atoms with E-state index in [4.69, 9.17) is 4.99 Å². The summed E-state index contributed by atoms with van der Waals surface area (Å²) in [6.07, 6.45) is 7.91. The summed E-state index contributed by atoms with van der Waals surface area (Å²) in [4.78, 5) is 36.1. The largest absolute Gasteiger partial charge is 0.351 e. The maximum atomic E-state index is 13.0. The summed E-state index contributed by atoms with van der Waals surface area (Å²) in [6.45, 7) is 3.55. The quantitative estimate of drug-likeness (QED) is 0.695. The van der Waals surface area contributed by atoms with Crippen LogP contribution in [0, 0.1) is 17.8 Å². The highest BCUT2D eigenvalue weighted by atomic mass is 32.2. The molecule has 7 heteroatoms. The van der Waals surface area contributed by atoms with Crippen molar-refractivity contribution in [3.05, 3.63) is 36.0 Å². The summed E-state index contributed by atoms with van der Waals surface area (Å²) in [5, 5.41) is 4.99. The van der Waals surface area contributed by atoms with E-state index in [1.165, 1.54) is 25.7 Å². The molecular weight excluding hydrogens is 432 g/mol. The van der Waals surface area contributed by atoms with Gasteiger partial charge in [0.05, 0.1) is 10.8 Å². The number of aliphatic imine (C=N–C) groups is 1. The molecule has 4 fully saturated rings. The van der Waals surface area contributed by atoms with E-state index < -0.39 is 4.75 Å². The predicted molar refractivity (Wildman–Crippen MR) is 132 cm³/mol. The van der Waals surface area contributed by atoms with Crippen molar-refractivity contribution >= 4 is 39.6 Å². The summed E-state index contributed by atoms with van der Waals surface area (Å²) in [7, 11) is 0. The Kier molecular flexibility index (Phi) is 5.28. The molecule has 0 spiro atoms. The molecule has 174 valence electrons. The Morgan fingerprint density at radius 2 is 2.00 bits per heavy atom. The lowest BCUT2D eigenvalue weighted by Gasteiger charge is -2.34. The van der Waals surface area contributed by atoms with Crippen molar-refractivity contribution in [1.82, 2.24) is 15.2 Å². The minimum absolute atomic E-state index is 0.0733. The first kappa shape index (κ1) is 21.3. The number of likely N-dealkylation sites (tertiary alicyclic amines) is 1. The number of amides is 2. The van der Waals surface area contributed by atoms with Gasteiger partial charge in [0.1, 0.15) is 5.69 Å². The SMILES string of the molecule is CC1(CC2CCN(C(=O)c3cc4ccccc4[nH]3)CC2)SC(=N[C@H]2C[C@H]3CC[C@H]2C3)NC1=O. The number of fused-ring (bicyclic) bond motifs is 3. The van der Waals surface area contributed by atoms with E-state index in [0.717, 1.165) is 60.3 Å². The second-order valence-electron chi connectivity index (χ2n) is 10.7. The number of hydrogen-bond acceptors (Lipinski definition) is 4. The molecule has 2 aliphatic heterocycles. The van der Waals surface area contributed by atoms with E-state index in [-0.39, 0.29) is 11.8 Å². The van der Waals surface area contributed by atoms with Crippen LogP contribution in [-0.4, -0.2) is 50.7 Å². The van der Waals surface area contributed by atoms with Crippen LogP contribution in [0.1, 0.15) is 62.4 Å². The van der Waals surface area contributed by atoms with E-state index in [2.05, 4.69) is 17.2 Å². The first-order valence-corrected chi connectivity index (χ1v) is 13.2. The van der Waals surface area contributed by atoms with E-state index in [0.29, 0.717) is 17.7 Å². The number of piperidine rings is 1. The number of H-pyrrole nitrogens is 1. The summed E-state index contributed by atoms with van der Waals surface area (Å²) < 4.78 is -0.454. The number of benzene rings is 1. The first-order valence-electron chi connectivity index (χ1n) is 12.4. The first-order chi connectivity index (χ1) is 16.0. The van der Waals surface area contributed by atoms with Crippen LogP contribution in [0.3, 0.4) is 0 Å². The molecule has 2 saturated heterocycles. The van der Waals surface area contributed by atoms with Gasteiger partial charge in [-0.1, -0.05) is 36.4 Å². The van der Waals surface area contributed by atoms with Gasteiger partial charge in [0.2, 0.25) is 5.91 Å². The summed E-state index contributed by atoms with van der Waals surface area (Å²) in [6, 6.07) is 10.3. The number of hydrogen-bond donors (Lipinski definition) is 2. The topological polar surface area (TPSA) is 77.6 Å². The molecule has 33 heavy (non-hydrogen) atoms. The molecule has 2 amide bonds. The standard InChI is InChI=1S/C26H32N4O2S/c1-26(24(32)29-25(33-26)28-21-13-17-6-7-19(21)12-17)15-16-8-10-30(11-9-16)23(31)22-14-18-4-2-3-5-20(18)27-22/h2-5,14,16-17,19,21,27H,6-13,15H2,1H3,(H,28,29,32)/t17-,19-,21-,26?/m0/s1. The van der Waals surface area contributed by atoms with Crippen LogP contribution in [0.5, 0.6) is 0 Å². The van der Waals surface area contributed by atoms with Gasteiger partial charge in [0.25, 0.3) is 5.91 Å². The van der Waals surface area contributed by atoms with Crippen LogP contribution < -0.4 is 5.32 Å². The Morgan fingerprint density at radius 3 is 2.73 bits per heavy atom. The Labute approximate surface area is 199 Å². The number of nitrogens with zero attached hydrogens (tertiary/aromatic N) is 2. The van der Waals surface area contributed by atoms with Crippen molar-refractivity contribution in [3.8, 4) is 0 Å². The van der Waals surface area contributed by atoms with Crippen molar-refractivity contribution in [3.63, 3.8) is 0 Å². The molecule has 2 saturated carbocycles. The van der Waals surface area contributed by atoms with Crippen LogP contribution in [0.4, 0.5) is 0 Å². The highest BCUT2D eigenvalue weighted by molar-refractivity contribution is 8.16. The Hall–Kier alpha value is -2.28. The number of carbonyl (C=O) groups is 2. The highest BCUT2D eigenvalue weighted by Crippen LogP contribution is 2.47. The molecule has 2 aromatic rings. The van der Waals surface area contributed by atoms with Crippen LogP contribution in [-0.2, 0) is 4.79 Å². The van der Waals surface area contributed by atoms with Crippen molar-refractivity contribution < 1.29 is 9.59 Å². The number of nitrogens with one attached hydrogen (secondary N) is 2. The average Bonchev–Trinajstić information content (AvgIpc) is 3.58. The van der Waals surface area contributed by atoms with Gasteiger partial charge in [0.15, 0.2) is 5.17 Å². The molecule has 2 aliphatic carbocycles. The third kappa shape index (κ3) is 3.98. The van der Waals surface area contributed by atoms with Crippen molar-refractivity contribution in [2.45, 2.75) is 62.7 Å². The minimum Gasteiger partial charge on any atom is -0.351 e. The van der Waals surface area contributed by atoms with Gasteiger partial charge in [0, 0.05) is 24.0 Å². The van der Waals surface area contributed by atoms with Gasteiger partial charge in [-0.2, -0.15) is 0 Å². The van der Waals surface area contributed by atoms with Crippen molar-refractivity contribution in [1.29, 1.82) is 0 Å². The smallest absolute Gasteiger partial charge is 0.270 e. The number of para-hydroxylation sites is 1. The van der Waals surface area contributed by atoms with E-state index in [9.17, 15) is 9.59 Å². The van der Waals surface area contributed by atoms with Crippen LogP contribution >= 0.6 is 11.8 Å². The molecule has 4 aliphatic rings. The van der Waals surface area contributed by atoms with Gasteiger partial charge in [-0.25, -0.2) is 0 Å². The summed E-state index contributed by atoms with van der Waals surface area (Å²) in [5.41, 5.74) is 1.66. The molecule has 4 atom stereocenters. The number of rotatable bonds is 4. The number of aromatic amines is 1. The van der Waals surface area contributed by atoms with Crippen LogP contribution in [0.2, 0.25) is 0 Å². The molecule has 1 aromatic heterocycles. The molecule has 2 N–H and O–H groups in total. The molecule has 6 nitrogen and oxygen atoms in total. The normalized spacial score (nSPS) is 33.4. The van der Waals surface area contributed by atoms with Crippen LogP contribution in [0.25, 0.3) is 10.9 Å². The Morgan fingerprint density at radius 1 is 1.18 bits per heavy atom. The van der Waals surface area contributed by atoms with Gasteiger partial charge in [-0.3, -0.25) is 14.6 Å². The fourth-order valence-corrected chi connectivity index (χ4v) is 7.70. The zero-order valence-electron chi connectivity index (χ0n) is 19.2. The number of aromatic nitrogens is 1. The Bertz CT molecular complexity index is 1090. The monoisotopic (exact) mass is 464 g/mol. The highest BCUT2D eigenvalue weighted by Gasteiger charge is 2.46. The zero-order valence-corrected chi connectivity index (χ0v) is 20.0. The minimum atomic E-state index is -0.454. The third-order valence-corrected chi connectivity index (χ3v) is 9.55. The van der Waals surface area contributed by atoms with E-state index >= 15 is 0 Å². The van der Waals surface area contributed by atoms with Crippen molar-refractivity contribution in [2.24, 2.45) is 22.7 Å².